The van der Waals surface area contributed by atoms with Gasteiger partial charge in [-0.3, -0.25) is 4.98 Å². The highest BCUT2D eigenvalue weighted by molar-refractivity contribution is 6.30. The van der Waals surface area contributed by atoms with Crippen molar-refractivity contribution in [2.24, 2.45) is 7.05 Å². The van der Waals surface area contributed by atoms with Crippen molar-refractivity contribution in [3.05, 3.63) is 23.5 Å². The highest BCUT2D eigenvalue weighted by atomic mass is 35.5. The Bertz CT molecular complexity index is 465. The van der Waals surface area contributed by atoms with Crippen molar-refractivity contribution in [3.63, 3.8) is 0 Å². The maximum atomic E-state index is 5.77. The third kappa shape index (κ3) is 1.42. The Hall–Kier alpha value is -1.62. The Balaban J connectivity index is 2.58. The third-order valence-electron chi connectivity index (χ3n) is 1.84. The first-order valence-corrected chi connectivity index (χ1v) is 4.32. The van der Waals surface area contributed by atoms with E-state index in [1.54, 1.807) is 30.2 Å². The molecule has 2 aromatic rings. The zero-order valence-electron chi connectivity index (χ0n) is 7.48. The minimum atomic E-state index is 0.515. The molecular formula is C8H8ClN5. The predicted octanol–water partition coefficient (Wildman–Crippen LogP) is 1.11. The van der Waals surface area contributed by atoms with Gasteiger partial charge in [-0.2, -0.15) is 0 Å². The van der Waals surface area contributed by atoms with Gasteiger partial charge in [-0.1, -0.05) is 16.8 Å². The molecule has 14 heavy (non-hydrogen) atoms. The van der Waals surface area contributed by atoms with Crippen molar-refractivity contribution in [1.29, 1.82) is 0 Å². The Kier molecular flexibility index (Phi) is 2.09. The van der Waals surface area contributed by atoms with E-state index in [0.29, 0.717) is 16.4 Å². The molecule has 0 bridgehead atoms. The summed E-state index contributed by atoms with van der Waals surface area (Å²) in [6.07, 6.45) is 3.15. The van der Waals surface area contributed by atoms with Crippen LogP contribution in [0.3, 0.4) is 0 Å². The number of pyridine rings is 1. The van der Waals surface area contributed by atoms with E-state index < -0.39 is 0 Å². The van der Waals surface area contributed by atoms with Crippen LogP contribution >= 0.6 is 11.6 Å². The summed E-state index contributed by atoms with van der Waals surface area (Å²) in [6.45, 7) is 0. The van der Waals surface area contributed by atoms with Crippen LogP contribution in [0.15, 0.2) is 18.5 Å². The summed E-state index contributed by atoms with van der Waals surface area (Å²) >= 11 is 5.74. The van der Waals surface area contributed by atoms with Crippen molar-refractivity contribution in [2.45, 2.75) is 0 Å². The van der Waals surface area contributed by atoms with Gasteiger partial charge in [0.15, 0.2) is 0 Å². The lowest BCUT2D eigenvalue weighted by Gasteiger charge is -2.03. The smallest absolute Gasteiger partial charge is 0.113 e. The topological polar surface area (TPSA) is 69.6 Å². The van der Waals surface area contributed by atoms with Crippen molar-refractivity contribution in [3.8, 4) is 11.4 Å². The first-order valence-electron chi connectivity index (χ1n) is 3.94. The molecule has 0 aliphatic rings. The highest BCUT2D eigenvalue weighted by Crippen LogP contribution is 2.24. The third-order valence-corrected chi connectivity index (χ3v) is 2.05. The molecule has 2 rings (SSSR count). The summed E-state index contributed by atoms with van der Waals surface area (Å²) in [7, 11) is 1.78. The maximum Gasteiger partial charge on any atom is 0.113 e. The molecule has 0 spiro atoms. The largest absolute Gasteiger partial charge is 0.397 e. The molecule has 2 N–H and O–H groups in total. The standard InChI is InChI=1S/C8H8ClN5/c1-14-7(4-12-13-14)8-6(10)2-5(9)3-11-8/h2-4H,10H2,1H3. The molecule has 0 radical (unpaired) electrons. The number of nitrogens with zero attached hydrogens (tertiary/aromatic N) is 4. The molecule has 2 heterocycles. The first-order chi connectivity index (χ1) is 6.68. The molecule has 0 aliphatic carbocycles. The van der Waals surface area contributed by atoms with Crippen LogP contribution in [0.25, 0.3) is 11.4 Å². The fraction of sp³-hybridized carbons (Fsp3) is 0.125. The Morgan fingerprint density at radius 3 is 2.79 bits per heavy atom. The lowest BCUT2D eigenvalue weighted by Crippen LogP contribution is -1.99. The lowest BCUT2D eigenvalue weighted by atomic mass is 10.2. The summed E-state index contributed by atoms with van der Waals surface area (Å²) in [5.74, 6) is 0. The van der Waals surface area contributed by atoms with Crippen LogP contribution in [0.5, 0.6) is 0 Å². The van der Waals surface area contributed by atoms with Crippen LogP contribution in [0, 0.1) is 0 Å². The van der Waals surface area contributed by atoms with Gasteiger partial charge in [0, 0.05) is 13.2 Å². The fourth-order valence-corrected chi connectivity index (χ4v) is 1.34. The highest BCUT2D eigenvalue weighted by Gasteiger charge is 2.09. The van der Waals surface area contributed by atoms with Crippen LogP contribution in [-0.4, -0.2) is 20.0 Å². The SMILES string of the molecule is Cn1nncc1-c1ncc(Cl)cc1N. The molecule has 5 nitrogen and oxygen atoms in total. The monoisotopic (exact) mass is 209 g/mol. The Morgan fingerprint density at radius 2 is 2.21 bits per heavy atom. The summed E-state index contributed by atoms with van der Waals surface area (Å²) in [4.78, 5) is 4.12. The molecule has 0 amide bonds. The summed E-state index contributed by atoms with van der Waals surface area (Å²) in [6, 6.07) is 1.65. The number of rotatable bonds is 1. The van der Waals surface area contributed by atoms with Crippen LogP contribution in [0.1, 0.15) is 0 Å². The van der Waals surface area contributed by atoms with Crippen LogP contribution in [0.4, 0.5) is 5.69 Å². The van der Waals surface area contributed by atoms with Gasteiger partial charge in [0.1, 0.15) is 11.4 Å². The number of anilines is 1. The number of hydrogen-bond donors (Lipinski definition) is 1. The zero-order valence-corrected chi connectivity index (χ0v) is 8.23. The van der Waals surface area contributed by atoms with E-state index in [9.17, 15) is 0 Å². The predicted molar refractivity (Wildman–Crippen MR) is 53.7 cm³/mol. The van der Waals surface area contributed by atoms with Gasteiger partial charge in [0.25, 0.3) is 0 Å². The average Bonchev–Trinajstić information content (AvgIpc) is 2.52. The molecule has 0 saturated heterocycles. The van der Waals surface area contributed by atoms with E-state index in [1.807, 2.05) is 0 Å². The van der Waals surface area contributed by atoms with Crippen molar-refractivity contribution in [2.75, 3.05) is 5.73 Å². The summed E-state index contributed by atoms with van der Waals surface area (Å²) in [5, 5.41) is 8.06. The number of nitrogen functional groups attached to an aromatic ring is 1. The van der Waals surface area contributed by atoms with E-state index in [1.165, 1.54) is 0 Å². The second-order valence-corrected chi connectivity index (χ2v) is 3.27. The van der Waals surface area contributed by atoms with Gasteiger partial charge in [-0.05, 0) is 6.07 Å². The average molecular weight is 210 g/mol. The number of aromatic nitrogens is 4. The van der Waals surface area contributed by atoms with E-state index in [-0.39, 0.29) is 0 Å². The molecule has 6 heteroatoms. The van der Waals surface area contributed by atoms with E-state index in [4.69, 9.17) is 17.3 Å². The molecule has 0 aliphatic heterocycles. The minimum absolute atomic E-state index is 0.515. The normalized spacial score (nSPS) is 10.4. The number of hydrogen-bond acceptors (Lipinski definition) is 4. The minimum Gasteiger partial charge on any atom is -0.397 e. The van der Waals surface area contributed by atoms with E-state index >= 15 is 0 Å². The van der Waals surface area contributed by atoms with Gasteiger partial charge in [0.2, 0.25) is 0 Å². The van der Waals surface area contributed by atoms with Crippen molar-refractivity contribution in [1.82, 2.24) is 20.0 Å². The van der Waals surface area contributed by atoms with E-state index in [0.717, 1.165) is 5.69 Å². The van der Waals surface area contributed by atoms with E-state index in [2.05, 4.69) is 15.3 Å². The van der Waals surface area contributed by atoms with Gasteiger partial charge < -0.3 is 5.73 Å². The zero-order chi connectivity index (χ0) is 10.1. The molecule has 0 fully saturated rings. The maximum absolute atomic E-state index is 5.77. The van der Waals surface area contributed by atoms with Gasteiger partial charge in [-0.15, -0.1) is 5.10 Å². The van der Waals surface area contributed by atoms with Crippen molar-refractivity contribution < 1.29 is 0 Å². The molecule has 0 atom stereocenters. The van der Waals surface area contributed by atoms with Gasteiger partial charge in [0.05, 0.1) is 16.9 Å². The second-order valence-electron chi connectivity index (χ2n) is 2.83. The Labute approximate surface area is 85.5 Å². The van der Waals surface area contributed by atoms with Crippen LogP contribution in [0.2, 0.25) is 5.02 Å². The lowest BCUT2D eigenvalue weighted by molar-refractivity contribution is 0.719. The van der Waals surface area contributed by atoms with Crippen LogP contribution < -0.4 is 5.73 Å². The fourth-order valence-electron chi connectivity index (χ4n) is 1.17. The molecule has 0 unspecified atom stereocenters. The van der Waals surface area contributed by atoms with Gasteiger partial charge >= 0.3 is 0 Å². The summed E-state index contributed by atoms with van der Waals surface area (Å²) in [5.41, 5.74) is 7.69. The summed E-state index contributed by atoms with van der Waals surface area (Å²) < 4.78 is 1.60. The molecule has 72 valence electrons. The molecule has 2 aromatic heterocycles. The van der Waals surface area contributed by atoms with Crippen LogP contribution in [-0.2, 0) is 7.05 Å². The molecular weight excluding hydrogens is 202 g/mol. The van der Waals surface area contributed by atoms with Gasteiger partial charge in [-0.25, -0.2) is 4.68 Å². The quantitative estimate of drug-likeness (QED) is 0.764. The molecule has 0 saturated carbocycles. The molecule has 0 aromatic carbocycles. The van der Waals surface area contributed by atoms with Crippen molar-refractivity contribution >= 4 is 17.3 Å². The number of nitrogens with two attached hydrogens (primary N) is 1. The first kappa shape index (κ1) is 8.96. The second kappa shape index (κ2) is 3.26. The number of aryl methyl sites for hydroxylation is 1. The Morgan fingerprint density at radius 1 is 1.43 bits per heavy atom. The number of halogens is 1.